The highest BCUT2D eigenvalue weighted by Gasteiger charge is 2.29. The van der Waals surface area contributed by atoms with Crippen LogP contribution in [-0.2, 0) is 10.0 Å². The predicted molar refractivity (Wildman–Crippen MR) is 65.5 cm³/mol. The number of hydrogen-bond donors (Lipinski definition) is 2. The molecular formula is C9H20N2O2S2. The molecule has 15 heavy (non-hydrogen) atoms. The van der Waals surface area contributed by atoms with E-state index in [9.17, 15) is 8.42 Å². The molecule has 0 aromatic rings. The Bertz CT molecular complexity index is 280. The first-order valence-electron chi connectivity index (χ1n) is 5.32. The average Bonchev–Trinajstić information content (AvgIpc) is 2.61. The van der Waals surface area contributed by atoms with Gasteiger partial charge in [-0.25, -0.2) is 13.1 Å². The molecule has 3 N–H and O–H groups in total. The van der Waals surface area contributed by atoms with Crippen molar-refractivity contribution < 1.29 is 8.42 Å². The topological polar surface area (TPSA) is 72.2 Å². The van der Waals surface area contributed by atoms with Crippen molar-refractivity contribution in [2.75, 3.05) is 18.6 Å². The maximum atomic E-state index is 11.6. The van der Waals surface area contributed by atoms with E-state index in [1.54, 1.807) is 11.8 Å². The van der Waals surface area contributed by atoms with Crippen molar-refractivity contribution >= 4 is 21.8 Å². The summed E-state index contributed by atoms with van der Waals surface area (Å²) in [6, 6.07) is 0.128. The molecular weight excluding hydrogens is 232 g/mol. The number of hydrogen-bond acceptors (Lipinski definition) is 4. The van der Waals surface area contributed by atoms with Gasteiger partial charge < -0.3 is 5.73 Å². The zero-order chi connectivity index (χ0) is 11.3. The monoisotopic (exact) mass is 252 g/mol. The molecule has 90 valence electrons. The normalized spacial score (nSPS) is 27.1. The number of nitrogens with two attached hydrogens (primary N) is 1. The number of rotatable bonds is 6. The Kier molecular flexibility index (Phi) is 5.38. The molecule has 0 radical (unpaired) electrons. The first kappa shape index (κ1) is 13.3. The molecule has 0 aliphatic heterocycles. The van der Waals surface area contributed by atoms with Gasteiger partial charge in [0.25, 0.3) is 0 Å². The molecule has 4 nitrogen and oxygen atoms in total. The van der Waals surface area contributed by atoms with Crippen molar-refractivity contribution in [3.8, 4) is 0 Å². The van der Waals surface area contributed by atoms with Crippen LogP contribution >= 0.6 is 11.8 Å². The van der Waals surface area contributed by atoms with Crippen LogP contribution in [-0.4, -0.2) is 38.3 Å². The second kappa shape index (κ2) is 6.08. The zero-order valence-corrected chi connectivity index (χ0v) is 10.7. The molecule has 0 saturated heterocycles. The van der Waals surface area contributed by atoms with Crippen LogP contribution in [0.15, 0.2) is 0 Å². The highest BCUT2D eigenvalue weighted by molar-refractivity contribution is 7.99. The molecule has 0 aromatic heterocycles. The van der Waals surface area contributed by atoms with Crippen LogP contribution in [0.5, 0.6) is 0 Å². The van der Waals surface area contributed by atoms with E-state index in [4.69, 9.17) is 5.73 Å². The Morgan fingerprint density at radius 1 is 1.47 bits per heavy atom. The van der Waals surface area contributed by atoms with Crippen LogP contribution in [0.3, 0.4) is 0 Å². The van der Waals surface area contributed by atoms with Crippen molar-refractivity contribution in [2.24, 2.45) is 5.73 Å². The summed E-state index contributed by atoms with van der Waals surface area (Å²) < 4.78 is 26.0. The van der Waals surface area contributed by atoms with Crippen LogP contribution in [0.25, 0.3) is 0 Å². The van der Waals surface area contributed by atoms with Crippen molar-refractivity contribution in [3.63, 3.8) is 0 Å². The molecule has 1 aliphatic carbocycles. The Morgan fingerprint density at radius 2 is 2.20 bits per heavy atom. The van der Waals surface area contributed by atoms with Crippen LogP contribution in [0.2, 0.25) is 0 Å². The molecule has 0 amide bonds. The largest absolute Gasteiger partial charge is 0.330 e. The number of thioether (sulfide) groups is 1. The van der Waals surface area contributed by atoms with E-state index >= 15 is 0 Å². The Balaban J connectivity index is 2.45. The van der Waals surface area contributed by atoms with E-state index < -0.39 is 10.0 Å². The fourth-order valence-corrected chi connectivity index (χ4v) is 4.33. The maximum absolute atomic E-state index is 11.6. The van der Waals surface area contributed by atoms with Crippen LogP contribution in [0.1, 0.15) is 25.7 Å². The fourth-order valence-electron chi connectivity index (χ4n) is 1.91. The Hall–Kier alpha value is 0.220. The average molecular weight is 252 g/mol. The van der Waals surface area contributed by atoms with Gasteiger partial charge in [-0.15, -0.1) is 0 Å². The smallest absolute Gasteiger partial charge is 0.211 e. The lowest BCUT2D eigenvalue weighted by molar-refractivity contribution is 0.553. The second-order valence-corrected chi connectivity index (χ2v) is 6.84. The minimum atomic E-state index is -3.11. The SMILES string of the molecule is CSC1CCCC1NS(=O)(=O)CCCN. The molecule has 1 aliphatic rings. The fraction of sp³-hybridized carbons (Fsp3) is 1.00. The van der Waals surface area contributed by atoms with Gasteiger partial charge in [0.15, 0.2) is 0 Å². The molecule has 0 heterocycles. The molecule has 2 atom stereocenters. The minimum Gasteiger partial charge on any atom is -0.330 e. The summed E-state index contributed by atoms with van der Waals surface area (Å²) >= 11 is 1.75. The van der Waals surface area contributed by atoms with Crippen molar-refractivity contribution in [3.05, 3.63) is 0 Å². The summed E-state index contributed by atoms with van der Waals surface area (Å²) in [5.41, 5.74) is 5.30. The quantitative estimate of drug-likeness (QED) is 0.723. The first-order chi connectivity index (χ1) is 7.09. The van der Waals surface area contributed by atoms with Crippen molar-refractivity contribution in [1.82, 2.24) is 4.72 Å². The van der Waals surface area contributed by atoms with Crippen molar-refractivity contribution in [2.45, 2.75) is 37.0 Å². The zero-order valence-electron chi connectivity index (χ0n) is 9.11. The van der Waals surface area contributed by atoms with E-state index in [-0.39, 0.29) is 11.8 Å². The van der Waals surface area contributed by atoms with Gasteiger partial charge >= 0.3 is 0 Å². The van der Waals surface area contributed by atoms with Gasteiger partial charge in [-0.2, -0.15) is 11.8 Å². The summed E-state index contributed by atoms with van der Waals surface area (Å²) in [6.45, 7) is 0.428. The van der Waals surface area contributed by atoms with E-state index in [0.717, 1.165) is 19.3 Å². The molecule has 0 spiro atoms. The minimum absolute atomic E-state index is 0.128. The summed E-state index contributed by atoms with van der Waals surface area (Å²) in [5, 5.41) is 0.442. The Labute approximate surface area is 96.4 Å². The highest BCUT2D eigenvalue weighted by atomic mass is 32.2. The molecule has 1 fully saturated rings. The lowest BCUT2D eigenvalue weighted by Gasteiger charge is -2.18. The molecule has 1 saturated carbocycles. The van der Waals surface area contributed by atoms with Gasteiger partial charge in [-0.3, -0.25) is 0 Å². The maximum Gasteiger partial charge on any atom is 0.211 e. The third kappa shape index (κ3) is 4.30. The van der Waals surface area contributed by atoms with Gasteiger partial charge in [-0.05, 0) is 32.1 Å². The third-order valence-corrected chi connectivity index (χ3v) is 5.36. The molecule has 6 heteroatoms. The van der Waals surface area contributed by atoms with Gasteiger partial charge in [0.1, 0.15) is 0 Å². The third-order valence-electron chi connectivity index (χ3n) is 2.70. The molecule has 0 aromatic carbocycles. The highest BCUT2D eigenvalue weighted by Crippen LogP contribution is 2.28. The summed E-state index contributed by atoms with van der Waals surface area (Å²) in [5.74, 6) is 0.154. The number of sulfonamides is 1. The summed E-state index contributed by atoms with van der Waals surface area (Å²) in [4.78, 5) is 0. The van der Waals surface area contributed by atoms with E-state index in [1.807, 2.05) is 6.26 Å². The predicted octanol–water partition coefficient (Wildman–Crippen LogP) is 0.539. The number of nitrogens with one attached hydrogen (secondary N) is 1. The van der Waals surface area contributed by atoms with E-state index in [1.165, 1.54) is 0 Å². The van der Waals surface area contributed by atoms with Crippen LogP contribution in [0.4, 0.5) is 0 Å². The van der Waals surface area contributed by atoms with Crippen LogP contribution in [0, 0.1) is 0 Å². The van der Waals surface area contributed by atoms with Crippen molar-refractivity contribution in [1.29, 1.82) is 0 Å². The van der Waals surface area contributed by atoms with Gasteiger partial charge in [0.2, 0.25) is 10.0 Å². The molecule has 0 bridgehead atoms. The van der Waals surface area contributed by atoms with Crippen LogP contribution < -0.4 is 10.5 Å². The molecule has 1 rings (SSSR count). The second-order valence-electron chi connectivity index (χ2n) is 3.89. The van der Waals surface area contributed by atoms with Gasteiger partial charge in [-0.1, -0.05) is 6.42 Å². The molecule has 2 unspecified atom stereocenters. The lowest BCUT2D eigenvalue weighted by Crippen LogP contribution is -2.40. The lowest BCUT2D eigenvalue weighted by atomic mass is 10.3. The standard InChI is InChI=1S/C9H20N2O2S2/c1-14-9-5-2-4-8(9)11-15(12,13)7-3-6-10/h8-9,11H,2-7,10H2,1H3. The Morgan fingerprint density at radius 3 is 2.80 bits per heavy atom. The van der Waals surface area contributed by atoms with Gasteiger partial charge in [0, 0.05) is 11.3 Å². The summed E-state index contributed by atoms with van der Waals surface area (Å²) in [6.07, 6.45) is 5.78. The van der Waals surface area contributed by atoms with Gasteiger partial charge in [0.05, 0.1) is 5.75 Å². The summed E-state index contributed by atoms with van der Waals surface area (Å²) in [7, 11) is -3.11. The van der Waals surface area contributed by atoms with E-state index in [0.29, 0.717) is 18.2 Å². The van der Waals surface area contributed by atoms with E-state index in [2.05, 4.69) is 4.72 Å². The first-order valence-corrected chi connectivity index (χ1v) is 8.26.